The molecule has 1 amide bonds. The Morgan fingerprint density at radius 3 is 2.39 bits per heavy atom. The summed E-state index contributed by atoms with van der Waals surface area (Å²) in [5, 5.41) is 2.89. The van der Waals surface area contributed by atoms with Crippen LogP contribution in [0.1, 0.15) is 60.2 Å². The lowest BCUT2D eigenvalue weighted by molar-refractivity contribution is 0.0684. The average Bonchev–Trinajstić information content (AvgIpc) is 3.23. The van der Waals surface area contributed by atoms with E-state index in [1.165, 1.54) is 5.56 Å². The fourth-order valence-electron chi connectivity index (χ4n) is 3.36. The van der Waals surface area contributed by atoms with Crippen molar-refractivity contribution in [2.75, 3.05) is 7.11 Å². The van der Waals surface area contributed by atoms with Crippen molar-refractivity contribution >= 4 is 17.2 Å². The number of rotatable bonds is 9. The second-order valence-electron chi connectivity index (χ2n) is 7.94. The molecule has 5 nitrogen and oxygen atoms in total. The third-order valence-corrected chi connectivity index (χ3v) is 5.92. The van der Waals surface area contributed by atoms with Gasteiger partial charge in [0.1, 0.15) is 23.1 Å². The number of aromatic nitrogens is 1. The number of hydrogen-bond acceptors (Lipinski definition) is 5. The van der Waals surface area contributed by atoms with Crippen LogP contribution in [0, 0.1) is 0 Å². The molecule has 0 N–H and O–H groups in total. The minimum atomic E-state index is -0.0656. The Labute approximate surface area is 188 Å². The normalized spacial score (nSPS) is 11.1. The highest BCUT2D eigenvalue weighted by atomic mass is 32.1. The van der Waals surface area contributed by atoms with Gasteiger partial charge in [-0.1, -0.05) is 44.2 Å². The summed E-state index contributed by atoms with van der Waals surface area (Å²) < 4.78 is 11.4. The molecule has 1 heterocycles. The zero-order valence-electron chi connectivity index (χ0n) is 18.8. The number of benzene rings is 2. The molecule has 0 saturated heterocycles. The maximum Gasteiger partial charge on any atom is 0.258 e. The Morgan fingerprint density at radius 1 is 1.03 bits per heavy atom. The number of carbonyl (C=O) groups is 1. The van der Waals surface area contributed by atoms with Gasteiger partial charge in [-0.3, -0.25) is 4.79 Å². The van der Waals surface area contributed by atoms with Crippen molar-refractivity contribution in [3.8, 4) is 11.5 Å². The first-order valence-corrected chi connectivity index (χ1v) is 11.4. The van der Waals surface area contributed by atoms with Gasteiger partial charge in [0, 0.05) is 11.4 Å². The van der Waals surface area contributed by atoms with E-state index in [0.717, 1.165) is 16.5 Å². The zero-order valence-corrected chi connectivity index (χ0v) is 19.6. The molecule has 0 aliphatic rings. The van der Waals surface area contributed by atoms with E-state index in [4.69, 9.17) is 14.5 Å². The summed E-state index contributed by atoms with van der Waals surface area (Å²) in [7, 11) is 1.58. The van der Waals surface area contributed by atoms with Gasteiger partial charge in [-0.05, 0) is 43.5 Å². The van der Waals surface area contributed by atoms with Gasteiger partial charge in [0.15, 0.2) is 0 Å². The lowest BCUT2D eigenvalue weighted by Crippen LogP contribution is -2.36. The van der Waals surface area contributed by atoms with Gasteiger partial charge >= 0.3 is 0 Å². The lowest BCUT2D eigenvalue weighted by Gasteiger charge is -2.26. The molecule has 2 aromatic carbocycles. The van der Waals surface area contributed by atoms with Crippen molar-refractivity contribution in [2.24, 2.45) is 0 Å². The number of thiazole rings is 1. The minimum Gasteiger partial charge on any atom is -0.496 e. The average molecular weight is 439 g/mol. The zero-order chi connectivity index (χ0) is 22.4. The first-order valence-electron chi connectivity index (χ1n) is 10.5. The van der Waals surface area contributed by atoms with Gasteiger partial charge in [-0.2, -0.15) is 0 Å². The molecule has 0 radical (unpaired) electrons. The summed E-state index contributed by atoms with van der Waals surface area (Å²) in [6, 6.07) is 15.4. The minimum absolute atomic E-state index is 0.0248. The van der Waals surface area contributed by atoms with Crippen molar-refractivity contribution in [2.45, 2.75) is 52.8 Å². The summed E-state index contributed by atoms with van der Waals surface area (Å²) in [4.78, 5) is 19.7. The first kappa shape index (κ1) is 22.8. The third kappa shape index (κ3) is 5.64. The molecule has 0 bridgehead atoms. The van der Waals surface area contributed by atoms with Crippen LogP contribution in [0.4, 0.5) is 0 Å². The van der Waals surface area contributed by atoms with Gasteiger partial charge in [-0.15, -0.1) is 11.3 Å². The molecule has 164 valence electrons. The number of nitrogens with zero attached hydrogens (tertiary/aromatic N) is 2. The fourth-order valence-corrected chi connectivity index (χ4v) is 4.05. The van der Waals surface area contributed by atoms with Crippen LogP contribution >= 0.6 is 11.3 Å². The topological polar surface area (TPSA) is 51.7 Å². The van der Waals surface area contributed by atoms with E-state index < -0.39 is 0 Å². The van der Waals surface area contributed by atoms with E-state index in [0.29, 0.717) is 30.4 Å². The van der Waals surface area contributed by atoms with E-state index in [1.807, 2.05) is 54.5 Å². The Hall–Kier alpha value is -2.86. The van der Waals surface area contributed by atoms with Crippen LogP contribution in [-0.4, -0.2) is 28.9 Å². The van der Waals surface area contributed by atoms with Crippen molar-refractivity contribution in [3.63, 3.8) is 0 Å². The molecule has 0 spiro atoms. The number of carbonyl (C=O) groups excluding carboxylic acids is 1. The summed E-state index contributed by atoms with van der Waals surface area (Å²) in [6.07, 6.45) is 0. The molecule has 0 fully saturated rings. The molecule has 1 aromatic heterocycles. The number of methoxy groups -OCH3 is 1. The summed E-state index contributed by atoms with van der Waals surface area (Å²) in [6.45, 7) is 9.18. The van der Waals surface area contributed by atoms with Gasteiger partial charge in [-0.25, -0.2) is 4.98 Å². The lowest BCUT2D eigenvalue weighted by atomic mass is 10.0. The van der Waals surface area contributed by atoms with Crippen LogP contribution in [-0.2, 0) is 13.2 Å². The summed E-state index contributed by atoms with van der Waals surface area (Å²) >= 11 is 1.55. The van der Waals surface area contributed by atoms with Crippen molar-refractivity contribution in [1.29, 1.82) is 0 Å². The fraction of sp³-hybridized carbons (Fsp3) is 0.360. The van der Waals surface area contributed by atoms with E-state index in [9.17, 15) is 4.79 Å². The summed E-state index contributed by atoms with van der Waals surface area (Å²) in [5.74, 6) is 1.80. The van der Waals surface area contributed by atoms with Gasteiger partial charge in [0.25, 0.3) is 5.91 Å². The Morgan fingerprint density at radius 2 is 1.71 bits per heavy atom. The van der Waals surface area contributed by atoms with Crippen LogP contribution in [0.2, 0.25) is 0 Å². The molecule has 3 aromatic rings. The predicted octanol–water partition coefficient (Wildman–Crippen LogP) is 5.90. The van der Waals surface area contributed by atoms with Crippen molar-refractivity contribution in [3.05, 3.63) is 75.7 Å². The molecule has 0 unspecified atom stereocenters. The number of ether oxygens (including phenoxy) is 2. The highest BCUT2D eigenvalue weighted by Crippen LogP contribution is 2.27. The smallest absolute Gasteiger partial charge is 0.258 e. The largest absolute Gasteiger partial charge is 0.496 e. The molecule has 31 heavy (non-hydrogen) atoms. The van der Waals surface area contributed by atoms with Crippen LogP contribution < -0.4 is 9.47 Å². The SMILES string of the molecule is COc1ccccc1C(=O)N(Cc1csc(COc2ccccc2C(C)C)n1)C(C)C. The number of hydrogen-bond donors (Lipinski definition) is 0. The van der Waals surface area contributed by atoms with Gasteiger partial charge in [0.2, 0.25) is 0 Å². The quantitative estimate of drug-likeness (QED) is 0.417. The Kier molecular flexibility index (Phi) is 7.69. The van der Waals surface area contributed by atoms with E-state index in [1.54, 1.807) is 30.6 Å². The Balaban J connectivity index is 1.70. The standard InChI is InChI=1S/C25H30N2O3S/c1-17(2)20-10-6-9-13-23(20)30-15-24-26-19(16-31-24)14-27(18(3)4)25(28)21-11-7-8-12-22(21)29-5/h6-13,16-18H,14-15H2,1-5H3. The molecule has 0 aliphatic heterocycles. The van der Waals surface area contributed by atoms with E-state index in [-0.39, 0.29) is 11.9 Å². The first-order chi connectivity index (χ1) is 14.9. The predicted molar refractivity (Wildman–Crippen MR) is 125 cm³/mol. The number of amides is 1. The van der Waals surface area contributed by atoms with Crippen LogP contribution in [0.5, 0.6) is 11.5 Å². The molecule has 0 aliphatic carbocycles. The van der Waals surface area contributed by atoms with Gasteiger partial charge < -0.3 is 14.4 Å². The van der Waals surface area contributed by atoms with E-state index >= 15 is 0 Å². The highest BCUT2D eigenvalue weighted by Gasteiger charge is 2.23. The van der Waals surface area contributed by atoms with Crippen molar-refractivity contribution < 1.29 is 14.3 Å². The molecule has 0 atom stereocenters. The highest BCUT2D eigenvalue weighted by molar-refractivity contribution is 7.09. The molecular weight excluding hydrogens is 408 g/mol. The maximum absolute atomic E-state index is 13.2. The molecule has 3 rings (SSSR count). The van der Waals surface area contributed by atoms with E-state index in [2.05, 4.69) is 19.9 Å². The maximum atomic E-state index is 13.2. The van der Waals surface area contributed by atoms with Crippen molar-refractivity contribution in [1.82, 2.24) is 9.88 Å². The summed E-state index contributed by atoms with van der Waals surface area (Å²) in [5.41, 5.74) is 2.60. The molecule has 0 saturated carbocycles. The molecule has 6 heteroatoms. The number of para-hydroxylation sites is 2. The van der Waals surface area contributed by atoms with Crippen LogP contribution in [0.25, 0.3) is 0 Å². The van der Waals surface area contributed by atoms with Crippen LogP contribution in [0.3, 0.4) is 0 Å². The second-order valence-corrected chi connectivity index (χ2v) is 8.88. The monoisotopic (exact) mass is 438 g/mol. The second kappa shape index (κ2) is 10.4. The van der Waals surface area contributed by atoms with Crippen LogP contribution in [0.15, 0.2) is 53.9 Å². The van der Waals surface area contributed by atoms with Gasteiger partial charge in [0.05, 0.1) is 24.9 Å². The Bertz CT molecular complexity index is 1010. The third-order valence-electron chi connectivity index (χ3n) is 5.05. The molecular formula is C25H30N2O3S.